The van der Waals surface area contributed by atoms with Gasteiger partial charge in [0.15, 0.2) is 0 Å². The van der Waals surface area contributed by atoms with Crippen LogP contribution in [-0.2, 0) is 9.53 Å². The number of aliphatic hydroxyl groups excluding tert-OH is 1. The summed E-state index contributed by atoms with van der Waals surface area (Å²) in [5.74, 6) is -0.177. The van der Waals surface area contributed by atoms with E-state index in [0.29, 0.717) is 6.54 Å². The highest BCUT2D eigenvalue weighted by Gasteiger charge is 2.12. The van der Waals surface area contributed by atoms with Gasteiger partial charge in [-0.3, -0.25) is 4.79 Å². The van der Waals surface area contributed by atoms with Crippen LogP contribution in [0.2, 0.25) is 0 Å². The molecule has 2 N–H and O–H groups in total. The van der Waals surface area contributed by atoms with Crippen molar-refractivity contribution in [3.63, 3.8) is 0 Å². The van der Waals surface area contributed by atoms with E-state index in [1.807, 2.05) is 61.5 Å². The normalized spacial score (nSPS) is 12.2. The zero-order chi connectivity index (χ0) is 17.2. The highest BCUT2D eigenvalue weighted by Crippen LogP contribution is 2.17. The zero-order valence-corrected chi connectivity index (χ0v) is 13.8. The lowest BCUT2D eigenvalue weighted by Crippen LogP contribution is -2.28. The fourth-order valence-corrected chi connectivity index (χ4v) is 2.24. The molecule has 0 aromatic heterocycles. The van der Waals surface area contributed by atoms with Crippen molar-refractivity contribution >= 4 is 12.0 Å². The molecule has 24 heavy (non-hydrogen) atoms. The van der Waals surface area contributed by atoms with Crippen LogP contribution >= 0.6 is 0 Å². The van der Waals surface area contributed by atoms with Gasteiger partial charge in [0.1, 0.15) is 0 Å². The molecule has 0 aliphatic rings. The number of amides is 1. The standard InChI is InChI=1S/C20H23NO3/c1-16-7-10-18(11-8-16)19(24-14-13-22)15-21-20(23)12-9-17-5-3-2-4-6-17/h2-12,19,22H,13-15H2,1H3,(H,21,23)/b12-9+/t19-/m0/s1. The van der Waals surface area contributed by atoms with Crippen molar-refractivity contribution in [3.8, 4) is 0 Å². The van der Waals surface area contributed by atoms with Crippen LogP contribution in [-0.4, -0.2) is 30.8 Å². The Bertz CT molecular complexity index is 650. The van der Waals surface area contributed by atoms with E-state index >= 15 is 0 Å². The van der Waals surface area contributed by atoms with Gasteiger partial charge in [-0.25, -0.2) is 0 Å². The molecule has 0 aliphatic heterocycles. The Balaban J connectivity index is 1.93. The first-order valence-electron chi connectivity index (χ1n) is 7.99. The Morgan fingerprint density at radius 2 is 1.88 bits per heavy atom. The summed E-state index contributed by atoms with van der Waals surface area (Å²) in [6.07, 6.45) is 2.99. The van der Waals surface area contributed by atoms with E-state index in [1.165, 1.54) is 6.08 Å². The lowest BCUT2D eigenvalue weighted by atomic mass is 10.1. The molecule has 0 spiro atoms. The number of carbonyl (C=O) groups excluding carboxylic acids is 1. The molecular formula is C20H23NO3. The first-order valence-corrected chi connectivity index (χ1v) is 7.99. The van der Waals surface area contributed by atoms with E-state index in [4.69, 9.17) is 9.84 Å². The fraction of sp³-hybridized carbons (Fsp3) is 0.250. The highest BCUT2D eigenvalue weighted by molar-refractivity contribution is 5.91. The molecule has 4 nitrogen and oxygen atoms in total. The molecule has 0 aliphatic carbocycles. The summed E-state index contributed by atoms with van der Waals surface area (Å²) in [6, 6.07) is 17.6. The van der Waals surface area contributed by atoms with E-state index in [9.17, 15) is 4.79 Å². The van der Waals surface area contributed by atoms with Crippen molar-refractivity contribution in [3.05, 3.63) is 77.4 Å². The third kappa shape index (κ3) is 5.99. The largest absolute Gasteiger partial charge is 0.394 e. The first-order chi connectivity index (χ1) is 11.7. The van der Waals surface area contributed by atoms with E-state index in [-0.39, 0.29) is 25.2 Å². The third-order valence-electron chi connectivity index (χ3n) is 3.55. The average molecular weight is 325 g/mol. The Kier molecular flexibility index (Phi) is 7.21. The third-order valence-corrected chi connectivity index (χ3v) is 3.55. The smallest absolute Gasteiger partial charge is 0.244 e. The number of ether oxygens (including phenoxy) is 1. The Labute approximate surface area is 142 Å². The molecule has 0 bridgehead atoms. The van der Waals surface area contributed by atoms with Crippen LogP contribution in [0.15, 0.2) is 60.7 Å². The number of nitrogens with one attached hydrogen (secondary N) is 1. The molecular weight excluding hydrogens is 302 g/mol. The molecule has 126 valence electrons. The maximum absolute atomic E-state index is 12.0. The first kappa shape index (κ1) is 17.9. The minimum absolute atomic E-state index is 0.0514. The van der Waals surface area contributed by atoms with E-state index in [0.717, 1.165) is 16.7 Å². The van der Waals surface area contributed by atoms with Gasteiger partial charge in [0, 0.05) is 12.6 Å². The predicted octanol–water partition coefficient (Wildman–Crippen LogP) is 2.87. The SMILES string of the molecule is Cc1ccc([C@H](CNC(=O)/C=C/c2ccccc2)OCCO)cc1. The molecule has 2 aromatic rings. The summed E-state index contributed by atoms with van der Waals surface area (Å²) < 4.78 is 5.64. The van der Waals surface area contributed by atoms with Gasteiger partial charge in [-0.1, -0.05) is 60.2 Å². The van der Waals surface area contributed by atoms with Gasteiger partial charge in [0.25, 0.3) is 0 Å². The van der Waals surface area contributed by atoms with Crippen LogP contribution in [0.25, 0.3) is 6.08 Å². The Morgan fingerprint density at radius 1 is 1.17 bits per heavy atom. The lowest BCUT2D eigenvalue weighted by molar-refractivity contribution is -0.117. The maximum atomic E-state index is 12.0. The van der Waals surface area contributed by atoms with Crippen LogP contribution < -0.4 is 5.32 Å². The molecule has 0 saturated heterocycles. The second kappa shape index (κ2) is 9.65. The van der Waals surface area contributed by atoms with Crippen LogP contribution in [0, 0.1) is 6.92 Å². The minimum Gasteiger partial charge on any atom is -0.394 e. The summed E-state index contributed by atoms with van der Waals surface area (Å²) in [4.78, 5) is 12.0. The number of hydrogen-bond donors (Lipinski definition) is 2. The zero-order valence-electron chi connectivity index (χ0n) is 13.8. The average Bonchev–Trinajstić information content (AvgIpc) is 2.62. The monoisotopic (exact) mass is 325 g/mol. The van der Waals surface area contributed by atoms with Crippen molar-refractivity contribution in [2.24, 2.45) is 0 Å². The van der Waals surface area contributed by atoms with Gasteiger partial charge in [-0.15, -0.1) is 0 Å². The lowest BCUT2D eigenvalue weighted by Gasteiger charge is -2.18. The van der Waals surface area contributed by atoms with Crippen LogP contribution in [0.4, 0.5) is 0 Å². The number of aliphatic hydroxyl groups is 1. The molecule has 0 radical (unpaired) electrons. The van der Waals surface area contributed by atoms with Crippen molar-refractivity contribution < 1.29 is 14.6 Å². The molecule has 4 heteroatoms. The van der Waals surface area contributed by atoms with Crippen molar-refractivity contribution in [2.45, 2.75) is 13.0 Å². The Morgan fingerprint density at radius 3 is 2.54 bits per heavy atom. The van der Waals surface area contributed by atoms with Gasteiger partial charge in [-0.2, -0.15) is 0 Å². The number of aryl methyl sites for hydroxylation is 1. The quantitative estimate of drug-likeness (QED) is 0.734. The number of carbonyl (C=O) groups is 1. The summed E-state index contributed by atoms with van der Waals surface area (Å²) in [5.41, 5.74) is 3.11. The number of hydrogen-bond acceptors (Lipinski definition) is 3. The molecule has 0 saturated carbocycles. The molecule has 2 aromatic carbocycles. The number of benzene rings is 2. The summed E-state index contributed by atoms with van der Waals surface area (Å²) in [6.45, 7) is 2.54. The van der Waals surface area contributed by atoms with Gasteiger partial charge >= 0.3 is 0 Å². The van der Waals surface area contributed by atoms with Crippen LogP contribution in [0.3, 0.4) is 0 Å². The van der Waals surface area contributed by atoms with E-state index in [1.54, 1.807) is 6.08 Å². The maximum Gasteiger partial charge on any atom is 0.244 e. The predicted molar refractivity (Wildman–Crippen MR) is 95.4 cm³/mol. The van der Waals surface area contributed by atoms with Crippen molar-refractivity contribution in [2.75, 3.05) is 19.8 Å². The molecule has 1 amide bonds. The summed E-state index contributed by atoms with van der Waals surface area (Å²) in [7, 11) is 0. The van der Waals surface area contributed by atoms with Gasteiger partial charge in [-0.05, 0) is 24.1 Å². The van der Waals surface area contributed by atoms with Crippen molar-refractivity contribution in [1.82, 2.24) is 5.32 Å². The summed E-state index contributed by atoms with van der Waals surface area (Å²) in [5, 5.41) is 11.8. The molecule has 0 fully saturated rings. The fourth-order valence-electron chi connectivity index (χ4n) is 2.24. The molecule has 0 unspecified atom stereocenters. The van der Waals surface area contributed by atoms with Gasteiger partial charge in [0.05, 0.1) is 19.3 Å². The van der Waals surface area contributed by atoms with E-state index < -0.39 is 0 Å². The van der Waals surface area contributed by atoms with Gasteiger partial charge in [0.2, 0.25) is 5.91 Å². The van der Waals surface area contributed by atoms with Crippen LogP contribution in [0.1, 0.15) is 22.8 Å². The Hall–Kier alpha value is -2.43. The highest BCUT2D eigenvalue weighted by atomic mass is 16.5. The summed E-state index contributed by atoms with van der Waals surface area (Å²) >= 11 is 0. The van der Waals surface area contributed by atoms with Crippen LogP contribution in [0.5, 0.6) is 0 Å². The van der Waals surface area contributed by atoms with Gasteiger partial charge < -0.3 is 15.2 Å². The number of rotatable bonds is 8. The molecule has 2 rings (SSSR count). The second-order valence-electron chi connectivity index (χ2n) is 5.48. The molecule has 0 heterocycles. The van der Waals surface area contributed by atoms with Crippen molar-refractivity contribution in [1.29, 1.82) is 0 Å². The topological polar surface area (TPSA) is 58.6 Å². The minimum atomic E-state index is -0.285. The molecule has 1 atom stereocenters. The second-order valence-corrected chi connectivity index (χ2v) is 5.48. The van der Waals surface area contributed by atoms with E-state index in [2.05, 4.69) is 5.32 Å².